The second kappa shape index (κ2) is 7.23. The Kier molecular flexibility index (Phi) is 5.06. The number of amides is 1. The number of benzene rings is 1. The summed E-state index contributed by atoms with van der Waals surface area (Å²) in [6.07, 6.45) is 1.51. The molecule has 0 saturated carbocycles. The largest absolute Gasteiger partial charge is 0.329 e. The number of carbonyl (C=O) groups is 1. The molecule has 0 N–H and O–H groups in total. The van der Waals surface area contributed by atoms with E-state index in [-0.39, 0.29) is 17.5 Å². The van der Waals surface area contributed by atoms with Crippen LogP contribution in [0.2, 0.25) is 0 Å². The van der Waals surface area contributed by atoms with E-state index in [1.807, 2.05) is 18.2 Å². The Balaban J connectivity index is 1.91. The van der Waals surface area contributed by atoms with Gasteiger partial charge in [0.1, 0.15) is 11.7 Å². The van der Waals surface area contributed by atoms with E-state index in [1.165, 1.54) is 23.2 Å². The zero-order chi connectivity index (χ0) is 17.1. The van der Waals surface area contributed by atoms with Crippen LogP contribution >= 0.6 is 22.9 Å². The molecule has 7 heteroatoms. The van der Waals surface area contributed by atoms with Crippen LogP contribution in [0.25, 0.3) is 10.2 Å². The lowest BCUT2D eigenvalue weighted by Gasteiger charge is -2.28. The molecule has 3 rings (SSSR count). The number of alkyl halides is 1. The highest BCUT2D eigenvalue weighted by Gasteiger charge is 2.24. The van der Waals surface area contributed by atoms with Crippen LogP contribution in [0.4, 0.5) is 4.39 Å². The Labute approximate surface area is 147 Å². The van der Waals surface area contributed by atoms with Crippen molar-refractivity contribution in [1.82, 2.24) is 14.9 Å². The topological polar surface area (TPSA) is 46.1 Å². The predicted octanol–water partition coefficient (Wildman–Crippen LogP) is 4.16. The molecule has 1 atom stereocenters. The Morgan fingerprint density at radius 3 is 2.96 bits per heavy atom. The van der Waals surface area contributed by atoms with Crippen LogP contribution in [-0.4, -0.2) is 26.7 Å². The number of nitrogens with zero attached hydrogens (tertiary/aromatic N) is 3. The number of thiazole rings is 1. The Morgan fingerprint density at radius 2 is 2.21 bits per heavy atom. The average Bonchev–Trinajstić information content (AvgIpc) is 3.06. The summed E-state index contributed by atoms with van der Waals surface area (Å²) in [6, 6.07) is 8.18. The minimum absolute atomic E-state index is 0.169. The summed E-state index contributed by atoms with van der Waals surface area (Å²) in [5.74, 6) is -0.877. The van der Waals surface area contributed by atoms with Crippen LogP contribution < -0.4 is 0 Å². The fraction of sp³-hybridized carbons (Fsp3) is 0.235. The van der Waals surface area contributed by atoms with Crippen molar-refractivity contribution in [1.29, 1.82) is 0 Å². The third-order valence-corrected chi connectivity index (χ3v) is 4.87. The van der Waals surface area contributed by atoms with Gasteiger partial charge < -0.3 is 4.90 Å². The number of fused-ring (bicyclic) bond motifs is 1. The second-order valence-corrected chi connectivity index (χ2v) is 6.51. The highest BCUT2D eigenvalue weighted by atomic mass is 35.5. The summed E-state index contributed by atoms with van der Waals surface area (Å²) in [6.45, 7) is 2.06. The lowest BCUT2D eigenvalue weighted by atomic mass is 10.1. The number of halogens is 2. The lowest BCUT2D eigenvalue weighted by Crippen LogP contribution is -2.34. The molecule has 1 unspecified atom stereocenters. The molecule has 0 radical (unpaired) electrons. The molecule has 4 nitrogen and oxygen atoms in total. The van der Waals surface area contributed by atoms with Crippen LogP contribution in [0.1, 0.15) is 24.2 Å². The summed E-state index contributed by atoms with van der Waals surface area (Å²) >= 11 is 7.30. The number of pyridine rings is 1. The van der Waals surface area contributed by atoms with Crippen molar-refractivity contribution in [3.05, 3.63) is 59.1 Å². The maximum atomic E-state index is 14.0. The van der Waals surface area contributed by atoms with E-state index in [0.29, 0.717) is 6.54 Å². The number of carbonyl (C=O) groups excluding carboxylic acids is 1. The van der Waals surface area contributed by atoms with Gasteiger partial charge in [-0.1, -0.05) is 6.07 Å². The first-order valence-corrected chi connectivity index (χ1v) is 8.79. The number of hydrogen-bond donors (Lipinski definition) is 0. The molecule has 0 spiro atoms. The molecule has 24 heavy (non-hydrogen) atoms. The molecule has 1 aromatic carbocycles. The van der Waals surface area contributed by atoms with Gasteiger partial charge in [-0.2, -0.15) is 0 Å². The first kappa shape index (κ1) is 16.8. The van der Waals surface area contributed by atoms with E-state index >= 15 is 0 Å². The smallest absolute Gasteiger partial charge is 0.238 e. The Morgan fingerprint density at radius 1 is 1.38 bits per heavy atom. The molecule has 124 valence electrons. The lowest BCUT2D eigenvalue weighted by molar-refractivity contribution is -0.131. The minimum atomic E-state index is -0.524. The zero-order valence-electron chi connectivity index (χ0n) is 12.9. The SMILES string of the molecule is CC(c1ncccc1F)N(Cc1ccc2scnc2c1)C(=O)CCl. The molecular formula is C17H15ClFN3OS. The van der Waals surface area contributed by atoms with Gasteiger partial charge in [-0.05, 0) is 36.8 Å². The molecule has 0 aliphatic heterocycles. The summed E-state index contributed by atoms with van der Waals surface area (Å²) in [5.41, 5.74) is 3.80. The van der Waals surface area contributed by atoms with Crippen LogP contribution in [0.3, 0.4) is 0 Å². The van der Waals surface area contributed by atoms with E-state index in [2.05, 4.69) is 9.97 Å². The zero-order valence-corrected chi connectivity index (χ0v) is 14.5. The van der Waals surface area contributed by atoms with E-state index in [9.17, 15) is 9.18 Å². The summed E-state index contributed by atoms with van der Waals surface area (Å²) in [7, 11) is 0. The van der Waals surface area contributed by atoms with E-state index in [0.717, 1.165) is 15.8 Å². The van der Waals surface area contributed by atoms with Crippen molar-refractivity contribution < 1.29 is 9.18 Å². The van der Waals surface area contributed by atoms with Gasteiger partial charge in [0, 0.05) is 12.7 Å². The van der Waals surface area contributed by atoms with Gasteiger partial charge in [0.25, 0.3) is 0 Å². The first-order valence-electron chi connectivity index (χ1n) is 7.38. The summed E-state index contributed by atoms with van der Waals surface area (Å²) in [4.78, 5) is 22.2. The van der Waals surface area contributed by atoms with Crippen molar-refractivity contribution in [2.75, 3.05) is 5.88 Å². The van der Waals surface area contributed by atoms with E-state index in [4.69, 9.17) is 11.6 Å². The van der Waals surface area contributed by atoms with Gasteiger partial charge in [0.05, 0.1) is 27.5 Å². The van der Waals surface area contributed by atoms with E-state index < -0.39 is 11.9 Å². The molecule has 0 fully saturated rings. The molecule has 0 aliphatic rings. The Hall–Kier alpha value is -2.05. The van der Waals surface area contributed by atoms with E-state index in [1.54, 1.807) is 23.8 Å². The van der Waals surface area contributed by atoms with Gasteiger partial charge in [0.2, 0.25) is 5.91 Å². The van der Waals surface area contributed by atoms with Crippen molar-refractivity contribution in [3.8, 4) is 0 Å². The summed E-state index contributed by atoms with van der Waals surface area (Å²) < 4.78 is 15.1. The fourth-order valence-corrected chi connectivity index (χ4v) is 3.38. The molecular weight excluding hydrogens is 349 g/mol. The van der Waals surface area contributed by atoms with Crippen molar-refractivity contribution in [2.24, 2.45) is 0 Å². The third kappa shape index (κ3) is 3.39. The number of hydrogen-bond acceptors (Lipinski definition) is 4. The fourth-order valence-electron chi connectivity index (χ4n) is 2.57. The van der Waals surface area contributed by atoms with Gasteiger partial charge in [-0.3, -0.25) is 9.78 Å². The van der Waals surface area contributed by atoms with Gasteiger partial charge in [-0.25, -0.2) is 9.37 Å². The average molecular weight is 364 g/mol. The van der Waals surface area contributed by atoms with Crippen molar-refractivity contribution >= 4 is 39.1 Å². The van der Waals surface area contributed by atoms with Gasteiger partial charge in [-0.15, -0.1) is 22.9 Å². The van der Waals surface area contributed by atoms with Crippen LogP contribution in [-0.2, 0) is 11.3 Å². The van der Waals surface area contributed by atoms with Crippen molar-refractivity contribution in [3.63, 3.8) is 0 Å². The minimum Gasteiger partial charge on any atom is -0.329 e. The molecule has 0 saturated heterocycles. The summed E-state index contributed by atoms with van der Waals surface area (Å²) in [5, 5.41) is 0. The highest BCUT2D eigenvalue weighted by Crippen LogP contribution is 2.25. The van der Waals surface area contributed by atoms with Crippen molar-refractivity contribution in [2.45, 2.75) is 19.5 Å². The third-order valence-electron chi connectivity index (χ3n) is 3.83. The van der Waals surface area contributed by atoms with Crippen LogP contribution in [0, 0.1) is 5.82 Å². The Bertz CT molecular complexity index is 870. The normalized spacial score (nSPS) is 12.3. The van der Waals surface area contributed by atoms with Crippen LogP contribution in [0.15, 0.2) is 42.0 Å². The number of rotatable bonds is 5. The first-order chi connectivity index (χ1) is 11.6. The monoisotopic (exact) mass is 363 g/mol. The van der Waals surface area contributed by atoms with Crippen LogP contribution in [0.5, 0.6) is 0 Å². The van der Waals surface area contributed by atoms with Gasteiger partial charge in [0.15, 0.2) is 0 Å². The quantitative estimate of drug-likeness (QED) is 0.639. The molecule has 1 amide bonds. The maximum absolute atomic E-state index is 14.0. The molecule has 2 aromatic heterocycles. The van der Waals surface area contributed by atoms with Gasteiger partial charge >= 0.3 is 0 Å². The maximum Gasteiger partial charge on any atom is 0.238 e. The molecule has 3 aromatic rings. The highest BCUT2D eigenvalue weighted by molar-refractivity contribution is 7.16. The molecule has 2 heterocycles. The predicted molar refractivity (Wildman–Crippen MR) is 93.5 cm³/mol. The standard InChI is InChI=1S/C17H15ClFN3OS/c1-11(17-13(19)3-2-6-20-17)22(16(23)8-18)9-12-4-5-15-14(7-12)21-10-24-15/h2-7,10-11H,8-9H2,1H3. The second-order valence-electron chi connectivity index (χ2n) is 5.36. The number of aromatic nitrogens is 2. The molecule has 0 bridgehead atoms. The molecule has 0 aliphatic carbocycles.